The molecular formula is C27H36N2O4. The van der Waals surface area contributed by atoms with Crippen LogP contribution in [0.25, 0.3) is 0 Å². The molecule has 0 aromatic heterocycles. The van der Waals surface area contributed by atoms with Crippen LogP contribution in [0.2, 0.25) is 0 Å². The highest BCUT2D eigenvalue weighted by Gasteiger charge is 2.43. The molecule has 1 spiro atoms. The van der Waals surface area contributed by atoms with Crippen molar-refractivity contribution in [1.29, 1.82) is 0 Å². The number of nitrogens with zero attached hydrogens (tertiary/aromatic N) is 2. The lowest BCUT2D eigenvalue weighted by atomic mass is 9.87. The maximum atomic E-state index is 13.2. The molecule has 0 bridgehead atoms. The molecule has 2 saturated heterocycles. The highest BCUT2D eigenvalue weighted by Crippen LogP contribution is 2.37. The van der Waals surface area contributed by atoms with Crippen molar-refractivity contribution in [2.75, 3.05) is 39.9 Å². The van der Waals surface area contributed by atoms with Crippen molar-refractivity contribution < 1.29 is 19.0 Å². The maximum absolute atomic E-state index is 13.2. The molecule has 0 aliphatic carbocycles. The summed E-state index contributed by atoms with van der Waals surface area (Å²) in [7, 11) is 1.60. The van der Waals surface area contributed by atoms with E-state index in [-0.39, 0.29) is 17.6 Å². The number of ether oxygens (including phenoxy) is 3. The normalized spacial score (nSPS) is 20.8. The number of rotatable bonds is 6. The van der Waals surface area contributed by atoms with E-state index in [0.29, 0.717) is 42.8 Å². The Kier molecular flexibility index (Phi) is 7.25. The molecule has 2 aliphatic heterocycles. The number of methoxy groups -OCH3 is 1. The molecule has 2 aliphatic rings. The summed E-state index contributed by atoms with van der Waals surface area (Å²) in [5.41, 5.74) is 1.76. The SMILES string of the molecule is CCN1CC2(CCN(C(=O)c3ccc(OC(C)C)c(OC)c3)CC2)OCC1c1ccccc1. The van der Waals surface area contributed by atoms with Crippen LogP contribution in [-0.2, 0) is 4.74 Å². The predicted octanol–water partition coefficient (Wildman–Crippen LogP) is 4.55. The fourth-order valence-corrected chi connectivity index (χ4v) is 4.96. The van der Waals surface area contributed by atoms with E-state index in [1.165, 1.54) is 5.56 Å². The van der Waals surface area contributed by atoms with Gasteiger partial charge in [-0.15, -0.1) is 0 Å². The number of likely N-dealkylation sites (N-methyl/N-ethyl adjacent to an activating group) is 1. The summed E-state index contributed by atoms with van der Waals surface area (Å²) < 4.78 is 17.8. The van der Waals surface area contributed by atoms with Crippen LogP contribution in [-0.4, -0.2) is 67.3 Å². The number of benzene rings is 2. The Bertz CT molecular complexity index is 938. The summed E-state index contributed by atoms with van der Waals surface area (Å²) >= 11 is 0. The number of likely N-dealkylation sites (tertiary alicyclic amines) is 1. The average Bonchev–Trinajstić information content (AvgIpc) is 2.84. The van der Waals surface area contributed by atoms with Crippen molar-refractivity contribution in [3.63, 3.8) is 0 Å². The van der Waals surface area contributed by atoms with Gasteiger partial charge in [-0.2, -0.15) is 0 Å². The first-order valence-corrected chi connectivity index (χ1v) is 12.0. The van der Waals surface area contributed by atoms with Gasteiger partial charge in [0.2, 0.25) is 0 Å². The third kappa shape index (κ3) is 5.17. The standard InChI is InChI=1S/C27H36N2O4/c1-5-28-19-27(32-18-23(28)21-9-7-6-8-10-21)13-15-29(16-14-27)26(30)22-11-12-24(33-20(2)3)25(17-22)31-4/h6-12,17,20,23H,5,13-16,18-19H2,1-4H3. The molecule has 2 heterocycles. The summed E-state index contributed by atoms with van der Waals surface area (Å²) in [4.78, 5) is 17.7. The van der Waals surface area contributed by atoms with Gasteiger partial charge < -0.3 is 19.1 Å². The van der Waals surface area contributed by atoms with Gasteiger partial charge in [0.05, 0.1) is 31.5 Å². The Labute approximate surface area is 197 Å². The van der Waals surface area contributed by atoms with Crippen molar-refractivity contribution in [2.24, 2.45) is 0 Å². The second-order valence-corrected chi connectivity index (χ2v) is 9.31. The van der Waals surface area contributed by atoms with Gasteiger partial charge in [-0.25, -0.2) is 0 Å². The van der Waals surface area contributed by atoms with Crippen LogP contribution in [0, 0.1) is 0 Å². The number of hydrogen-bond donors (Lipinski definition) is 0. The molecule has 6 nitrogen and oxygen atoms in total. The fourth-order valence-electron chi connectivity index (χ4n) is 4.96. The molecule has 2 aromatic carbocycles. The predicted molar refractivity (Wildman–Crippen MR) is 129 cm³/mol. The molecular weight excluding hydrogens is 416 g/mol. The number of piperidine rings is 1. The second-order valence-electron chi connectivity index (χ2n) is 9.31. The van der Waals surface area contributed by atoms with Crippen LogP contribution in [0.3, 0.4) is 0 Å². The van der Waals surface area contributed by atoms with Crippen molar-refractivity contribution in [1.82, 2.24) is 9.80 Å². The zero-order valence-corrected chi connectivity index (χ0v) is 20.3. The van der Waals surface area contributed by atoms with Crippen LogP contribution in [0.1, 0.15) is 55.6 Å². The molecule has 2 aromatic rings. The lowest BCUT2D eigenvalue weighted by Gasteiger charge is -2.50. The van der Waals surface area contributed by atoms with Gasteiger partial charge in [-0.3, -0.25) is 9.69 Å². The van der Waals surface area contributed by atoms with Gasteiger partial charge in [-0.1, -0.05) is 37.3 Å². The van der Waals surface area contributed by atoms with E-state index in [9.17, 15) is 4.79 Å². The summed E-state index contributed by atoms with van der Waals surface area (Å²) in [6, 6.07) is 16.3. The third-order valence-electron chi connectivity index (χ3n) is 6.81. The number of morpholine rings is 1. The van der Waals surface area contributed by atoms with Crippen molar-refractivity contribution in [2.45, 2.75) is 51.4 Å². The molecule has 4 rings (SSSR count). The summed E-state index contributed by atoms with van der Waals surface area (Å²) in [6.07, 6.45) is 1.74. The summed E-state index contributed by atoms with van der Waals surface area (Å²) in [5.74, 6) is 1.28. The highest BCUT2D eigenvalue weighted by molar-refractivity contribution is 5.95. The quantitative estimate of drug-likeness (QED) is 0.644. The number of hydrogen-bond acceptors (Lipinski definition) is 5. The van der Waals surface area contributed by atoms with E-state index in [1.807, 2.05) is 30.9 Å². The largest absolute Gasteiger partial charge is 0.493 e. The minimum absolute atomic E-state index is 0.0320. The molecule has 178 valence electrons. The average molecular weight is 453 g/mol. The molecule has 1 amide bonds. The van der Waals surface area contributed by atoms with Gasteiger partial charge >= 0.3 is 0 Å². The van der Waals surface area contributed by atoms with Gasteiger partial charge in [0.15, 0.2) is 11.5 Å². The zero-order chi connectivity index (χ0) is 23.4. The van der Waals surface area contributed by atoms with E-state index in [2.05, 4.69) is 42.2 Å². The van der Waals surface area contributed by atoms with Crippen molar-refractivity contribution in [3.05, 3.63) is 59.7 Å². The van der Waals surface area contributed by atoms with Gasteiger partial charge in [0.25, 0.3) is 5.91 Å². The van der Waals surface area contributed by atoms with Crippen molar-refractivity contribution in [3.8, 4) is 11.5 Å². The maximum Gasteiger partial charge on any atom is 0.253 e. The first-order chi connectivity index (χ1) is 15.9. The fraction of sp³-hybridized carbons (Fsp3) is 0.519. The van der Waals surface area contributed by atoms with Crippen LogP contribution in [0.15, 0.2) is 48.5 Å². The van der Waals surface area contributed by atoms with E-state index in [0.717, 1.165) is 25.9 Å². The van der Waals surface area contributed by atoms with Gasteiger partial charge in [0.1, 0.15) is 0 Å². The molecule has 6 heteroatoms. The number of amides is 1. The van der Waals surface area contributed by atoms with Crippen LogP contribution < -0.4 is 9.47 Å². The highest BCUT2D eigenvalue weighted by atomic mass is 16.5. The molecule has 0 saturated carbocycles. The third-order valence-corrected chi connectivity index (χ3v) is 6.81. The van der Waals surface area contributed by atoms with Crippen LogP contribution in [0.4, 0.5) is 0 Å². The van der Waals surface area contributed by atoms with Crippen LogP contribution >= 0.6 is 0 Å². The molecule has 2 fully saturated rings. The number of carbonyl (C=O) groups is 1. The van der Waals surface area contributed by atoms with E-state index in [1.54, 1.807) is 13.2 Å². The van der Waals surface area contributed by atoms with E-state index in [4.69, 9.17) is 14.2 Å². The molecule has 1 atom stereocenters. The first-order valence-electron chi connectivity index (χ1n) is 12.0. The Balaban J connectivity index is 1.40. The lowest BCUT2D eigenvalue weighted by molar-refractivity contribution is -0.154. The Morgan fingerprint density at radius 3 is 2.48 bits per heavy atom. The molecule has 0 radical (unpaired) electrons. The summed E-state index contributed by atoms with van der Waals surface area (Å²) in [6.45, 7) is 10.1. The first kappa shape index (κ1) is 23.6. The molecule has 33 heavy (non-hydrogen) atoms. The Morgan fingerprint density at radius 1 is 1.12 bits per heavy atom. The van der Waals surface area contributed by atoms with Crippen molar-refractivity contribution >= 4 is 5.91 Å². The molecule has 0 N–H and O–H groups in total. The number of carbonyl (C=O) groups excluding carboxylic acids is 1. The second kappa shape index (κ2) is 10.1. The van der Waals surface area contributed by atoms with Crippen LogP contribution in [0.5, 0.6) is 11.5 Å². The lowest BCUT2D eigenvalue weighted by Crippen LogP contribution is -2.58. The topological polar surface area (TPSA) is 51.2 Å². The minimum Gasteiger partial charge on any atom is -0.493 e. The Hall–Kier alpha value is -2.57. The van der Waals surface area contributed by atoms with E-state index < -0.39 is 0 Å². The zero-order valence-electron chi connectivity index (χ0n) is 20.3. The summed E-state index contributed by atoms with van der Waals surface area (Å²) in [5, 5.41) is 0. The monoisotopic (exact) mass is 452 g/mol. The molecule has 1 unspecified atom stereocenters. The minimum atomic E-state index is -0.176. The Morgan fingerprint density at radius 2 is 1.85 bits per heavy atom. The van der Waals surface area contributed by atoms with E-state index >= 15 is 0 Å². The van der Waals surface area contributed by atoms with Gasteiger partial charge in [0, 0.05) is 25.2 Å². The smallest absolute Gasteiger partial charge is 0.253 e. The van der Waals surface area contributed by atoms with Gasteiger partial charge in [-0.05, 0) is 57.0 Å².